The molecule has 4 rings (SSSR count). The summed E-state index contributed by atoms with van der Waals surface area (Å²) in [5.74, 6) is -0.881. The van der Waals surface area contributed by atoms with Gasteiger partial charge in [0, 0.05) is 18.7 Å². The van der Waals surface area contributed by atoms with E-state index < -0.39 is 78.1 Å². The highest BCUT2D eigenvalue weighted by atomic mass is 19.4. The Bertz CT molecular complexity index is 1350. The summed E-state index contributed by atoms with van der Waals surface area (Å²) in [5, 5.41) is 0. The van der Waals surface area contributed by atoms with Crippen molar-refractivity contribution in [2.45, 2.75) is 76.6 Å². The molecule has 0 aromatic heterocycles. The average molecular weight is 643 g/mol. The lowest BCUT2D eigenvalue weighted by Gasteiger charge is -2.44. The summed E-state index contributed by atoms with van der Waals surface area (Å²) in [7, 11) is 0.956. The number of amides is 2. The number of methoxy groups -OCH3 is 1. The SMILES string of the molecule is COC(=O)N(Cc1cc(C(F)(F)F)cc(C(F)(F)F)c1)[C@H]1C[C@@H](C2CC2)N(C(=O)OC(C)C)c2cc(OC(F)(F)F)ccc21. The van der Waals surface area contributed by atoms with Crippen LogP contribution in [0.2, 0.25) is 0 Å². The highest BCUT2D eigenvalue weighted by Crippen LogP contribution is 2.50. The lowest BCUT2D eigenvalue weighted by molar-refractivity contribution is -0.274. The van der Waals surface area contributed by atoms with E-state index in [9.17, 15) is 49.1 Å². The van der Waals surface area contributed by atoms with Gasteiger partial charge in [-0.3, -0.25) is 9.80 Å². The van der Waals surface area contributed by atoms with Crippen molar-refractivity contribution in [1.82, 2.24) is 4.90 Å². The fourth-order valence-corrected chi connectivity index (χ4v) is 5.25. The first-order chi connectivity index (χ1) is 20.3. The Kier molecular flexibility index (Phi) is 8.95. The van der Waals surface area contributed by atoms with Crippen molar-refractivity contribution >= 4 is 17.9 Å². The zero-order valence-electron chi connectivity index (χ0n) is 23.4. The van der Waals surface area contributed by atoms with Gasteiger partial charge in [-0.15, -0.1) is 13.2 Å². The van der Waals surface area contributed by atoms with E-state index in [1.54, 1.807) is 13.8 Å². The molecule has 242 valence electrons. The number of carbonyl (C=O) groups excluding carboxylic acids is 2. The van der Waals surface area contributed by atoms with Crippen molar-refractivity contribution in [3.05, 3.63) is 58.7 Å². The van der Waals surface area contributed by atoms with Gasteiger partial charge in [0.25, 0.3) is 0 Å². The Hall–Kier alpha value is -3.85. The summed E-state index contributed by atoms with van der Waals surface area (Å²) in [6.45, 7) is 2.33. The maximum Gasteiger partial charge on any atom is 0.573 e. The third-order valence-corrected chi connectivity index (χ3v) is 7.14. The molecule has 1 aliphatic heterocycles. The molecular weight excluding hydrogens is 615 g/mol. The lowest BCUT2D eigenvalue weighted by atomic mass is 9.87. The number of alkyl halides is 9. The van der Waals surface area contributed by atoms with Crippen LogP contribution in [0.3, 0.4) is 0 Å². The molecular formula is C28H27F9N2O5. The molecule has 0 spiro atoms. The first-order valence-corrected chi connectivity index (χ1v) is 13.3. The van der Waals surface area contributed by atoms with Crippen LogP contribution in [0.25, 0.3) is 0 Å². The summed E-state index contributed by atoms with van der Waals surface area (Å²) in [4.78, 5) is 28.4. The highest BCUT2D eigenvalue weighted by Gasteiger charge is 2.48. The van der Waals surface area contributed by atoms with E-state index >= 15 is 0 Å². The number of halogens is 9. The Balaban J connectivity index is 1.86. The molecule has 1 saturated carbocycles. The van der Waals surface area contributed by atoms with Crippen molar-refractivity contribution in [3.8, 4) is 5.75 Å². The number of ether oxygens (including phenoxy) is 3. The monoisotopic (exact) mass is 642 g/mol. The summed E-state index contributed by atoms with van der Waals surface area (Å²) in [6, 6.07) is 1.99. The van der Waals surface area contributed by atoms with Crippen LogP contribution in [-0.2, 0) is 28.4 Å². The second kappa shape index (κ2) is 11.9. The molecule has 7 nitrogen and oxygen atoms in total. The van der Waals surface area contributed by atoms with Gasteiger partial charge < -0.3 is 14.2 Å². The third kappa shape index (κ3) is 7.62. The molecule has 2 aromatic carbocycles. The molecule has 0 saturated heterocycles. The number of carbonyl (C=O) groups is 2. The minimum atomic E-state index is -5.15. The molecule has 2 atom stereocenters. The van der Waals surface area contributed by atoms with Crippen LogP contribution in [-0.4, -0.2) is 42.7 Å². The van der Waals surface area contributed by atoms with E-state index in [2.05, 4.69) is 4.74 Å². The second-order valence-corrected chi connectivity index (χ2v) is 10.7. The number of nitrogens with zero attached hydrogens (tertiary/aromatic N) is 2. The predicted molar refractivity (Wildman–Crippen MR) is 135 cm³/mol. The standard InChI is InChI=1S/C28H27F9N2O5/c1-14(2)43-25(41)39-21(16-4-5-16)12-22(20-7-6-19(11-23(20)39)44-28(35,36)37)38(24(40)42-3)13-15-8-17(26(29,30)31)10-18(9-15)27(32,33)34/h6-11,14,16,21-22H,4-5,12-13H2,1-3H3/t21-,22-/m0/s1. The molecule has 1 aliphatic carbocycles. The van der Waals surface area contributed by atoms with Gasteiger partial charge in [0.05, 0.1) is 36.1 Å². The van der Waals surface area contributed by atoms with Crippen molar-refractivity contribution in [2.75, 3.05) is 12.0 Å². The average Bonchev–Trinajstić information content (AvgIpc) is 3.73. The zero-order chi connectivity index (χ0) is 32.8. The van der Waals surface area contributed by atoms with E-state index in [4.69, 9.17) is 9.47 Å². The van der Waals surface area contributed by atoms with Gasteiger partial charge in [0.2, 0.25) is 0 Å². The molecule has 0 radical (unpaired) electrons. The first-order valence-electron chi connectivity index (χ1n) is 13.3. The van der Waals surface area contributed by atoms with E-state index in [-0.39, 0.29) is 29.7 Å². The topological polar surface area (TPSA) is 68.3 Å². The van der Waals surface area contributed by atoms with Gasteiger partial charge in [-0.25, -0.2) is 9.59 Å². The number of hydrogen-bond acceptors (Lipinski definition) is 5. The number of hydrogen-bond donors (Lipinski definition) is 0. The third-order valence-electron chi connectivity index (χ3n) is 7.14. The summed E-state index contributed by atoms with van der Waals surface area (Å²) in [5.41, 5.74) is -3.77. The van der Waals surface area contributed by atoms with E-state index in [0.29, 0.717) is 25.0 Å². The Morgan fingerprint density at radius 2 is 1.52 bits per heavy atom. The Labute approximate surface area is 245 Å². The number of anilines is 1. The summed E-state index contributed by atoms with van der Waals surface area (Å²) < 4.78 is 135. The lowest BCUT2D eigenvalue weighted by Crippen LogP contribution is -2.50. The van der Waals surface area contributed by atoms with Crippen LogP contribution < -0.4 is 9.64 Å². The summed E-state index contributed by atoms with van der Waals surface area (Å²) >= 11 is 0. The minimum absolute atomic E-state index is 0.0502. The van der Waals surface area contributed by atoms with Gasteiger partial charge in [0.15, 0.2) is 0 Å². The Morgan fingerprint density at radius 1 is 0.932 bits per heavy atom. The van der Waals surface area contributed by atoms with Crippen molar-refractivity contribution in [2.24, 2.45) is 5.92 Å². The van der Waals surface area contributed by atoms with Crippen LogP contribution in [0.4, 0.5) is 54.8 Å². The molecule has 1 fully saturated rings. The zero-order valence-corrected chi connectivity index (χ0v) is 23.4. The molecule has 1 heterocycles. The van der Waals surface area contributed by atoms with E-state index in [1.807, 2.05) is 0 Å². The van der Waals surface area contributed by atoms with Crippen molar-refractivity contribution in [3.63, 3.8) is 0 Å². The second-order valence-electron chi connectivity index (χ2n) is 10.7. The van der Waals surface area contributed by atoms with Gasteiger partial charge in [-0.2, -0.15) is 26.3 Å². The smallest absolute Gasteiger partial charge is 0.453 e. The highest BCUT2D eigenvalue weighted by molar-refractivity contribution is 5.91. The molecule has 2 aromatic rings. The molecule has 2 amide bonds. The fourth-order valence-electron chi connectivity index (χ4n) is 5.25. The van der Waals surface area contributed by atoms with Crippen LogP contribution in [0.1, 0.15) is 61.4 Å². The quantitative estimate of drug-likeness (QED) is 0.296. The van der Waals surface area contributed by atoms with Crippen LogP contribution >= 0.6 is 0 Å². The molecule has 0 N–H and O–H groups in total. The molecule has 2 aliphatic rings. The predicted octanol–water partition coefficient (Wildman–Crippen LogP) is 8.47. The van der Waals surface area contributed by atoms with Crippen molar-refractivity contribution in [1.29, 1.82) is 0 Å². The van der Waals surface area contributed by atoms with Crippen LogP contribution in [0, 0.1) is 5.92 Å². The van der Waals surface area contributed by atoms with Gasteiger partial charge in [-0.1, -0.05) is 6.07 Å². The minimum Gasteiger partial charge on any atom is -0.453 e. The van der Waals surface area contributed by atoms with Gasteiger partial charge in [-0.05, 0) is 74.4 Å². The van der Waals surface area contributed by atoms with Gasteiger partial charge >= 0.3 is 30.9 Å². The first kappa shape index (κ1) is 33.1. The van der Waals surface area contributed by atoms with Crippen LogP contribution in [0.5, 0.6) is 5.75 Å². The number of fused-ring (bicyclic) bond motifs is 1. The van der Waals surface area contributed by atoms with Gasteiger partial charge in [0.1, 0.15) is 5.75 Å². The number of benzene rings is 2. The molecule has 44 heavy (non-hydrogen) atoms. The van der Waals surface area contributed by atoms with E-state index in [1.165, 1.54) is 0 Å². The maximum atomic E-state index is 13.5. The molecule has 16 heteroatoms. The normalized spacial score (nSPS) is 19.0. The van der Waals surface area contributed by atoms with Crippen molar-refractivity contribution < 1.29 is 63.3 Å². The molecule has 0 bridgehead atoms. The number of rotatable bonds is 6. The summed E-state index contributed by atoms with van der Waals surface area (Å²) in [6.07, 6.45) is -16.9. The fraction of sp³-hybridized carbons (Fsp3) is 0.500. The molecule has 0 unspecified atom stereocenters. The van der Waals surface area contributed by atoms with Crippen LogP contribution in [0.15, 0.2) is 36.4 Å². The maximum absolute atomic E-state index is 13.5. The largest absolute Gasteiger partial charge is 0.573 e. The van der Waals surface area contributed by atoms with E-state index in [0.717, 1.165) is 35.1 Å². The Morgan fingerprint density at radius 3 is 2.00 bits per heavy atom.